The third-order valence-electron chi connectivity index (χ3n) is 3.80. The van der Waals surface area contributed by atoms with Gasteiger partial charge in [-0.2, -0.15) is 11.8 Å². The second-order valence-corrected chi connectivity index (χ2v) is 6.91. The Kier molecular flexibility index (Phi) is 4.86. The van der Waals surface area contributed by atoms with Crippen LogP contribution in [0.4, 0.5) is 5.69 Å². The number of benzene rings is 1. The van der Waals surface area contributed by atoms with Crippen LogP contribution in [-0.2, 0) is 0 Å². The van der Waals surface area contributed by atoms with Crippen LogP contribution in [0.25, 0.3) is 0 Å². The van der Waals surface area contributed by atoms with Crippen molar-refractivity contribution in [3.63, 3.8) is 0 Å². The van der Waals surface area contributed by atoms with Crippen LogP contribution >= 0.6 is 11.8 Å². The molecule has 1 fully saturated rings. The van der Waals surface area contributed by atoms with Crippen molar-refractivity contribution >= 4 is 23.4 Å². The Morgan fingerprint density at radius 1 is 1.30 bits per heavy atom. The molecular formula is C18H20N2O2S. The number of thioether (sulfide) groups is 1. The van der Waals surface area contributed by atoms with E-state index in [1.54, 1.807) is 18.3 Å². The molecule has 1 unspecified atom stereocenters. The second kappa shape index (κ2) is 7.04. The number of hydrogen-bond donors (Lipinski definition) is 1. The zero-order chi connectivity index (χ0) is 16.2. The summed E-state index contributed by atoms with van der Waals surface area (Å²) in [4.78, 5) is 16.6. The summed E-state index contributed by atoms with van der Waals surface area (Å²) in [5, 5.41) is 2.92. The number of ether oxygens (including phenoxy) is 1. The van der Waals surface area contributed by atoms with Crippen LogP contribution in [0, 0.1) is 13.8 Å². The molecule has 3 rings (SSSR count). The van der Waals surface area contributed by atoms with Gasteiger partial charge in [0.15, 0.2) is 0 Å². The molecule has 1 aromatic heterocycles. The Bertz CT molecular complexity index is 695. The van der Waals surface area contributed by atoms with Gasteiger partial charge in [-0.15, -0.1) is 0 Å². The van der Waals surface area contributed by atoms with Gasteiger partial charge >= 0.3 is 0 Å². The largest absolute Gasteiger partial charge is 0.473 e. The Hall–Kier alpha value is -2.01. The monoisotopic (exact) mass is 328 g/mol. The van der Waals surface area contributed by atoms with Crippen LogP contribution in [0.15, 0.2) is 36.5 Å². The minimum atomic E-state index is -0.160. The molecule has 120 valence electrons. The molecule has 0 spiro atoms. The van der Waals surface area contributed by atoms with E-state index < -0.39 is 0 Å². The van der Waals surface area contributed by atoms with E-state index in [1.165, 1.54) is 5.56 Å². The number of carbonyl (C=O) groups is 1. The second-order valence-electron chi connectivity index (χ2n) is 5.76. The van der Waals surface area contributed by atoms with Crippen LogP contribution in [0.1, 0.15) is 27.9 Å². The minimum Gasteiger partial charge on any atom is -0.473 e. The number of nitrogens with one attached hydrogen (secondary N) is 1. The van der Waals surface area contributed by atoms with Gasteiger partial charge < -0.3 is 10.1 Å². The third-order valence-corrected chi connectivity index (χ3v) is 4.94. The summed E-state index contributed by atoms with van der Waals surface area (Å²) in [5.74, 6) is 2.57. The summed E-state index contributed by atoms with van der Waals surface area (Å²) in [7, 11) is 0. The Balaban J connectivity index is 1.65. The number of hydrogen-bond acceptors (Lipinski definition) is 4. The highest BCUT2D eigenvalue weighted by Crippen LogP contribution is 2.22. The standard InChI is InChI=1S/C18H20N2O2S/c1-12-3-5-16(13(2)9-12)20-18(21)14-4-6-17(19-10-14)22-15-7-8-23-11-15/h3-6,9-10,15H,7-8,11H2,1-2H3,(H,20,21). The van der Waals surface area contributed by atoms with Gasteiger partial charge in [0.25, 0.3) is 5.91 Å². The normalized spacial score (nSPS) is 17.0. The molecule has 4 nitrogen and oxygen atoms in total. The maximum Gasteiger partial charge on any atom is 0.257 e. The highest BCUT2D eigenvalue weighted by Gasteiger charge is 2.17. The van der Waals surface area contributed by atoms with Gasteiger partial charge in [-0.05, 0) is 43.7 Å². The SMILES string of the molecule is Cc1ccc(NC(=O)c2ccc(OC3CCSC3)nc2)c(C)c1. The van der Waals surface area contributed by atoms with Gasteiger partial charge in [0.05, 0.1) is 5.56 Å². The lowest BCUT2D eigenvalue weighted by atomic mass is 10.1. The molecule has 0 bridgehead atoms. The van der Waals surface area contributed by atoms with Gasteiger partial charge in [0.1, 0.15) is 6.10 Å². The van der Waals surface area contributed by atoms with E-state index in [-0.39, 0.29) is 12.0 Å². The number of aromatic nitrogens is 1. The summed E-state index contributed by atoms with van der Waals surface area (Å²) in [6.45, 7) is 4.02. The number of rotatable bonds is 4. The molecule has 2 heterocycles. The van der Waals surface area contributed by atoms with Gasteiger partial charge in [0, 0.05) is 23.7 Å². The van der Waals surface area contributed by atoms with Crippen molar-refractivity contribution in [3.05, 3.63) is 53.2 Å². The van der Waals surface area contributed by atoms with Crippen LogP contribution in [0.3, 0.4) is 0 Å². The minimum absolute atomic E-state index is 0.160. The zero-order valence-electron chi connectivity index (χ0n) is 13.3. The number of nitrogens with zero attached hydrogens (tertiary/aromatic N) is 1. The fourth-order valence-corrected chi connectivity index (χ4v) is 3.60. The van der Waals surface area contributed by atoms with Crippen molar-refractivity contribution in [2.75, 3.05) is 16.8 Å². The van der Waals surface area contributed by atoms with Crippen molar-refractivity contribution in [2.24, 2.45) is 0 Å². The molecule has 23 heavy (non-hydrogen) atoms. The number of carbonyl (C=O) groups excluding carboxylic acids is 1. The number of anilines is 1. The number of aryl methyl sites for hydroxylation is 2. The highest BCUT2D eigenvalue weighted by atomic mass is 32.2. The number of amides is 1. The fraction of sp³-hybridized carbons (Fsp3) is 0.333. The van der Waals surface area contributed by atoms with Crippen LogP contribution in [0.5, 0.6) is 5.88 Å². The summed E-state index contributed by atoms with van der Waals surface area (Å²) < 4.78 is 5.80. The Morgan fingerprint density at radius 2 is 2.17 bits per heavy atom. The van der Waals surface area contributed by atoms with Gasteiger partial charge in [-0.1, -0.05) is 17.7 Å². The Labute approximate surface area is 140 Å². The molecule has 1 aromatic carbocycles. The van der Waals surface area contributed by atoms with Gasteiger partial charge in [-0.25, -0.2) is 4.98 Å². The van der Waals surface area contributed by atoms with E-state index >= 15 is 0 Å². The van der Waals surface area contributed by atoms with E-state index in [1.807, 2.05) is 43.8 Å². The molecule has 1 amide bonds. The first-order valence-electron chi connectivity index (χ1n) is 7.71. The molecule has 0 saturated carbocycles. The highest BCUT2D eigenvalue weighted by molar-refractivity contribution is 7.99. The van der Waals surface area contributed by atoms with Crippen molar-refractivity contribution in [2.45, 2.75) is 26.4 Å². The molecule has 1 saturated heterocycles. The first-order valence-corrected chi connectivity index (χ1v) is 8.86. The molecule has 1 aliphatic rings. The van der Waals surface area contributed by atoms with Crippen molar-refractivity contribution < 1.29 is 9.53 Å². The lowest BCUT2D eigenvalue weighted by Gasteiger charge is -2.12. The summed E-state index contributed by atoms with van der Waals surface area (Å²) in [6, 6.07) is 9.47. The lowest BCUT2D eigenvalue weighted by Crippen LogP contribution is -2.16. The summed E-state index contributed by atoms with van der Waals surface area (Å²) in [5.41, 5.74) is 3.57. The van der Waals surface area contributed by atoms with E-state index in [4.69, 9.17) is 4.74 Å². The fourth-order valence-electron chi connectivity index (χ4n) is 2.51. The zero-order valence-corrected chi connectivity index (χ0v) is 14.2. The van der Waals surface area contributed by atoms with Crippen molar-refractivity contribution in [1.29, 1.82) is 0 Å². The van der Waals surface area contributed by atoms with Crippen LogP contribution in [0.2, 0.25) is 0 Å². The predicted octanol–water partition coefficient (Wildman–Crippen LogP) is 3.84. The molecule has 1 N–H and O–H groups in total. The quantitative estimate of drug-likeness (QED) is 0.926. The lowest BCUT2D eigenvalue weighted by molar-refractivity contribution is 0.102. The first kappa shape index (κ1) is 15.9. The molecule has 0 aliphatic carbocycles. The third kappa shape index (κ3) is 4.05. The predicted molar refractivity (Wildman–Crippen MR) is 94.5 cm³/mol. The van der Waals surface area contributed by atoms with E-state index in [0.29, 0.717) is 11.4 Å². The van der Waals surface area contributed by atoms with E-state index in [0.717, 1.165) is 29.2 Å². The van der Waals surface area contributed by atoms with Crippen LogP contribution in [-0.4, -0.2) is 28.5 Å². The molecule has 0 radical (unpaired) electrons. The van der Waals surface area contributed by atoms with Crippen molar-refractivity contribution in [3.8, 4) is 5.88 Å². The van der Waals surface area contributed by atoms with E-state index in [2.05, 4.69) is 10.3 Å². The van der Waals surface area contributed by atoms with Crippen molar-refractivity contribution in [1.82, 2.24) is 4.98 Å². The van der Waals surface area contributed by atoms with E-state index in [9.17, 15) is 4.79 Å². The smallest absolute Gasteiger partial charge is 0.257 e. The molecular weight excluding hydrogens is 308 g/mol. The van der Waals surface area contributed by atoms with Crippen LogP contribution < -0.4 is 10.1 Å². The number of pyridine rings is 1. The Morgan fingerprint density at radius 3 is 2.83 bits per heavy atom. The van der Waals surface area contributed by atoms with Gasteiger partial charge in [-0.3, -0.25) is 4.79 Å². The topological polar surface area (TPSA) is 51.2 Å². The molecule has 1 atom stereocenters. The summed E-state index contributed by atoms with van der Waals surface area (Å²) in [6.07, 6.45) is 2.86. The average molecular weight is 328 g/mol. The maximum absolute atomic E-state index is 12.3. The summed E-state index contributed by atoms with van der Waals surface area (Å²) >= 11 is 1.90. The maximum atomic E-state index is 12.3. The van der Waals surface area contributed by atoms with Gasteiger partial charge in [0.2, 0.25) is 5.88 Å². The first-order chi connectivity index (χ1) is 11.1. The molecule has 2 aromatic rings. The molecule has 5 heteroatoms. The average Bonchev–Trinajstić information content (AvgIpc) is 3.04. The molecule has 1 aliphatic heterocycles.